The second-order valence-electron chi connectivity index (χ2n) is 7.51. The van der Waals surface area contributed by atoms with E-state index in [4.69, 9.17) is 4.74 Å². The monoisotopic (exact) mass is 416 g/mol. The normalized spacial score (nSPS) is 11.5. The summed E-state index contributed by atoms with van der Waals surface area (Å²) in [5, 5.41) is 5.83. The molecule has 0 aliphatic rings. The molecule has 0 spiro atoms. The van der Waals surface area contributed by atoms with E-state index in [1.54, 1.807) is 31.2 Å². The van der Waals surface area contributed by atoms with Crippen molar-refractivity contribution < 1.29 is 14.3 Å². The number of ether oxygens (including phenoxy) is 1. The van der Waals surface area contributed by atoms with Gasteiger partial charge < -0.3 is 15.4 Å². The summed E-state index contributed by atoms with van der Waals surface area (Å²) in [4.78, 5) is 24.8. The van der Waals surface area contributed by atoms with E-state index in [0.29, 0.717) is 17.9 Å². The smallest absolute Gasteiger partial charge is 0.265 e. The minimum absolute atomic E-state index is 0.136. The molecule has 0 unspecified atom stereocenters. The third kappa shape index (κ3) is 6.19. The topological polar surface area (TPSA) is 67.4 Å². The lowest BCUT2D eigenvalue weighted by atomic mass is 10.1. The summed E-state index contributed by atoms with van der Waals surface area (Å²) in [7, 11) is 0. The highest BCUT2D eigenvalue weighted by Gasteiger charge is 2.16. The summed E-state index contributed by atoms with van der Waals surface area (Å²) in [5.41, 5.74) is 4.66. The molecule has 0 radical (unpaired) electrons. The standard InChI is InChI=1S/C26H28N2O3/c1-18-8-7-11-24(19(18)2)28-25(29)20(3)31-23-14-12-22(13-15-23)26(30)27-17-16-21-9-5-4-6-10-21/h4-15,20H,16-17H2,1-3H3,(H,27,30)(H,28,29)/t20-/m1/s1. The van der Waals surface area contributed by atoms with E-state index in [2.05, 4.69) is 10.6 Å². The van der Waals surface area contributed by atoms with Gasteiger partial charge in [0.2, 0.25) is 0 Å². The maximum Gasteiger partial charge on any atom is 0.265 e. The molecule has 31 heavy (non-hydrogen) atoms. The molecule has 0 saturated carbocycles. The van der Waals surface area contributed by atoms with E-state index in [-0.39, 0.29) is 11.8 Å². The molecular weight excluding hydrogens is 388 g/mol. The van der Waals surface area contributed by atoms with Crippen LogP contribution < -0.4 is 15.4 Å². The van der Waals surface area contributed by atoms with Gasteiger partial charge in [-0.05, 0) is 74.2 Å². The molecule has 0 bridgehead atoms. The molecule has 3 aromatic carbocycles. The fraction of sp³-hybridized carbons (Fsp3) is 0.231. The first-order valence-corrected chi connectivity index (χ1v) is 10.4. The molecule has 0 saturated heterocycles. The zero-order valence-electron chi connectivity index (χ0n) is 18.1. The van der Waals surface area contributed by atoms with Gasteiger partial charge in [0.1, 0.15) is 5.75 Å². The average molecular weight is 417 g/mol. The lowest BCUT2D eigenvalue weighted by Gasteiger charge is -2.16. The van der Waals surface area contributed by atoms with Crippen molar-refractivity contribution in [3.63, 3.8) is 0 Å². The van der Waals surface area contributed by atoms with Gasteiger partial charge in [-0.2, -0.15) is 0 Å². The molecule has 5 nitrogen and oxygen atoms in total. The Morgan fingerprint density at radius 2 is 1.61 bits per heavy atom. The maximum absolute atomic E-state index is 12.5. The van der Waals surface area contributed by atoms with Crippen LogP contribution >= 0.6 is 0 Å². The van der Waals surface area contributed by atoms with Crippen LogP contribution in [0.5, 0.6) is 5.75 Å². The van der Waals surface area contributed by atoms with Crippen molar-refractivity contribution in [2.45, 2.75) is 33.3 Å². The number of carbonyl (C=O) groups excluding carboxylic acids is 2. The van der Waals surface area contributed by atoms with Crippen molar-refractivity contribution in [1.29, 1.82) is 0 Å². The summed E-state index contributed by atoms with van der Waals surface area (Å²) in [6, 6.07) is 22.6. The Kier molecular flexibility index (Phi) is 7.44. The van der Waals surface area contributed by atoms with Gasteiger partial charge in [0.05, 0.1) is 0 Å². The minimum Gasteiger partial charge on any atom is -0.481 e. The third-order valence-electron chi connectivity index (χ3n) is 5.20. The third-order valence-corrected chi connectivity index (χ3v) is 5.20. The zero-order chi connectivity index (χ0) is 22.2. The number of benzene rings is 3. The Morgan fingerprint density at radius 1 is 0.903 bits per heavy atom. The van der Waals surface area contributed by atoms with Crippen molar-refractivity contribution in [3.8, 4) is 5.75 Å². The van der Waals surface area contributed by atoms with E-state index in [1.165, 1.54) is 5.56 Å². The first kappa shape index (κ1) is 22.1. The zero-order valence-corrected chi connectivity index (χ0v) is 18.1. The van der Waals surface area contributed by atoms with E-state index < -0.39 is 6.10 Å². The van der Waals surface area contributed by atoms with Crippen LogP contribution in [0.1, 0.15) is 34.0 Å². The van der Waals surface area contributed by atoms with Crippen LogP contribution in [0.15, 0.2) is 72.8 Å². The molecule has 0 fully saturated rings. The van der Waals surface area contributed by atoms with Crippen molar-refractivity contribution >= 4 is 17.5 Å². The number of amides is 2. The second kappa shape index (κ2) is 10.4. The van der Waals surface area contributed by atoms with Crippen LogP contribution in [-0.4, -0.2) is 24.5 Å². The molecule has 2 amide bonds. The first-order valence-electron chi connectivity index (χ1n) is 10.4. The van der Waals surface area contributed by atoms with E-state index in [0.717, 1.165) is 23.2 Å². The predicted molar refractivity (Wildman–Crippen MR) is 124 cm³/mol. The second-order valence-corrected chi connectivity index (χ2v) is 7.51. The van der Waals surface area contributed by atoms with E-state index in [9.17, 15) is 9.59 Å². The lowest BCUT2D eigenvalue weighted by Crippen LogP contribution is -2.30. The van der Waals surface area contributed by atoms with Gasteiger partial charge in [-0.15, -0.1) is 0 Å². The number of nitrogens with one attached hydrogen (secondary N) is 2. The molecule has 1 atom stereocenters. The van der Waals surface area contributed by atoms with Crippen molar-refractivity contribution in [2.75, 3.05) is 11.9 Å². The Balaban J connectivity index is 1.50. The van der Waals surface area contributed by atoms with Crippen LogP contribution in [-0.2, 0) is 11.2 Å². The van der Waals surface area contributed by atoms with Crippen molar-refractivity contribution in [2.24, 2.45) is 0 Å². The molecule has 0 aliphatic carbocycles. The summed E-state index contributed by atoms with van der Waals surface area (Å²) in [6.07, 6.45) is 0.103. The van der Waals surface area contributed by atoms with Gasteiger partial charge in [-0.1, -0.05) is 42.5 Å². The van der Waals surface area contributed by atoms with Crippen LogP contribution in [0, 0.1) is 13.8 Å². The van der Waals surface area contributed by atoms with Gasteiger partial charge in [-0.3, -0.25) is 9.59 Å². The van der Waals surface area contributed by atoms with Crippen molar-refractivity contribution in [1.82, 2.24) is 5.32 Å². The summed E-state index contributed by atoms with van der Waals surface area (Å²) in [6.45, 7) is 6.24. The highest BCUT2D eigenvalue weighted by Crippen LogP contribution is 2.19. The summed E-state index contributed by atoms with van der Waals surface area (Å²) in [5.74, 6) is 0.170. The molecule has 0 aromatic heterocycles. The van der Waals surface area contributed by atoms with E-state index in [1.807, 2.05) is 62.4 Å². The van der Waals surface area contributed by atoms with E-state index >= 15 is 0 Å². The molecule has 5 heteroatoms. The van der Waals surface area contributed by atoms with Gasteiger partial charge in [0.25, 0.3) is 11.8 Å². The van der Waals surface area contributed by atoms with Crippen LogP contribution in [0.4, 0.5) is 5.69 Å². The van der Waals surface area contributed by atoms with Gasteiger partial charge in [0.15, 0.2) is 6.10 Å². The predicted octanol–water partition coefficient (Wildman–Crippen LogP) is 4.68. The molecular formula is C26H28N2O3. The maximum atomic E-state index is 12.5. The van der Waals surface area contributed by atoms with Gasteiger partial charge in [-0.25, -0.2) is 0 Å². The Hall–Kier alpha value is -3.60. The Bertz CT molecular complexity index is 1030. The number of aryl methyl sites for hydroxylation is 1. The largest absolute Gasteiger partial charge is 0.481 e. The molecule has 2 N–H and O–H groups in total. The molecule has 3 rings (SSSR count). The van der Waals surface area contributed by atoms with Crippen LogP contribution in [0.2, 0.25) is 0 Å². The lowest BCUT2D eigenvalue weighted by molar-refractivity contribution is -0.122. The Morgan fingerprint density at radius 3 is 2.32 bits per heavy atom. The minimum atomic E-state index is -0.675. The number of rotatable bonds is 8. The summed E-state index contributed by atoms with van der Waals surface area (Å²) >= 11 is 0. The molecule has 0 aliphatic heterocycles. The number of hydrogen-bond donors (Lipinski definition) is 2. The molecule has 0 heterocycles. The number of carbonyl (C=O) groups is 2. The van der Waals surface area contributed by atoms with Gasteiger partial charge in [0, 0.05) is 17.8 Å². The number of anilines is 1. The quantitative estimate of drug-likeness (QED) is 0.560. The first-order chi connectivity index (χ1) is 14.9. The Labute approximate surface area is 183 Å². The highest BCUT2D eigenvalue weighted by atomic mass is 16.5. The summed E-state index contributed by atoms with van der Waals surface area (Å²) < 4.78 is 5.75. The van der Waals surface area contributed by atoms with Crippen molar-refractivity contribution in [3.05, 3.63) is 95.1 Å². The average Bonchev–Trinajstić information content (AvgIpc) is 2.78. The molecule has 3 aromatic rings. The number of hydrogen-bond acceptors (Lipinski definition) is 3. The fourth-order valence-electron chi connectivity index (χ4n) is 3.13. The van der Waals surface area contributed by atoms with Crippen LogP contribution in [0.3, 0.4) is 0 Å². The SMILES string of the molecule is Cc1cccc(NC(=O)[C@@H](C)Oc2ccc(C(=O)NCCc3ccccc3)cc2)c1C. The molecule has 160 valence electrons. The van der Waals surface area contributed by atoms with Gasteiger partial charge >= 0.3 is 0 Å². The highest BCUT2D eigenvalue weighted by molar-refractivity contribution is 5.95. The fourth-order valence-corrected chi connectivity index (χ4v) is 3.13. The van der Waals surface area contributed by atoms with Crippen LogP contribution in [0.25, 0.3) is 0 Å².